The lowest BCUT2D eigenvalue weighted by Gasteiger charge is -2.25. The number of benzene rings is 2. The third-order valence-electron chi connectivity index (χ3n) is 3.97. The van der Waals surface area contributed by atoms with Crippen LogP contribution in [0.1, 0.15) is 23.5 Å². The van der Waals surface area contributed by atoms with E-state index in [-0.39, 0.29) is 24.2 Å². The van der Waals surface area contributed by atoms with Gasteiger partial charge in [-0.15, -0.1) is 12.4 Å². The van der Waals surface area contributed by atoms with Crippen LogP contribution in [0.15, 0.2) is 48.5 Å². The summed E-state index contributed by atoms with van der Waals surface area (Å²) in [5, 5.41) is 3.03. The average molecular weight is 333 g/mol. The molecule has 0 fully saturated rings. The number of para-hydroxylation sites is 1. The normalized spacial score (nSPS) is 15.7. The molecular formula is C18H21ClN2O2. The van der Waals surface area contributed by atoms with Crippen molar-refractivity contribution in [1.82, 2.24) is 5.32 Å². The fraction of sp³-hybridized carbons (Fsp3) is 0.278. The van der Waals surface area contributed by atoms with Crippen molar-refractivity contribution in [3.8, 4) is 5.75 Å². The summed E-state index contributed by atoms with van der Waals surface area (Å²) < 4.78 is 5.60. The molecule has 1 atom stereocenters. The molecule has 0 saturated carbocycles. The highest BCUT2D eigenvalue weighted by Crippen LogP contribution is 2.33. The fourth-order valence-corrected chi connectivity index (χ4v) is 2.75. The number of hydrogen-bond donors (Lipinski definition) is 2. The number of fused-ring (bicyclic) bond motifs is 1. The van der Waals surface area contributed by atoms with Gasteiger partial charge in [-0.3, -0.25) is 4.79 Å². The molecule has 2 aromatic carbocycles. The summed E-state index contributed by atoms with van der Waals surface area (Å²) in [6.45, 7) is 1.22. The summed E-state index contributed by atoms with van der Waals surface area (Å²) in [4.78, 5) is 12.4. The smallest absolute Gasteiger partial charge is 0.227 e. The Morgan fingerprint density at radius 3 is 2.70 bits per heavy atom. The standard InChI is InChI=1S/C18H20N2O2.ClH/c19-14-7-5-13(6-8-14)9-11-20-18(21)16-10-12-22-17-4-2-1-3-15(16)17;/h1-8,16H,9-12,19H2,(H,20,21);1H. The molecule has 0 saturated heterocycles. The van der Waals surface area contributed by atoms with Crippen molar-refractivity contribution >= 4 is 24.0 Å². The highest BCUT2D eigenvalue weighted by atomic mass is 35.5. The number of halogens is 1. The Balaban J connectivity index is 0.00000192. The van der Waals surface area contributed by atoms with Crippen LogP contribution in [-0.4, -0.2) is 19.1 Å². The largest absolute Gasteiger partial charge is 0.493 e. The van der Waals surface area contributed by atoms with Crippen LogP contribution in [-0.2, 0) is 11.2 Å². The van der Waals surface area contributed by atoms with Crippen LogP contribution in [0, 0.1) is 0 Å². The summed E-state index contributed by atoms with van der Waals surface area (Å²) in [6, 6.07) is 15.5. The third-order valence-corrected chi connectivity index (χ3v) is 3.97. The second-order valence-corrected chi connectivity index (χ2v) is 5.51. The Bertz CT molecular complexity index is 658. The Morgan fingerprint density at radius 2 is 1.91 bits per heavy atom. The van der Waals surface area contributed by atoms with Crippen LogP contribution >= 0.6 is 12.4 Å². The van der Waals surface area contributed by atoms with Gasteiger partial charge in [0.1, 0.15) is 5.75 Å². The second kappa shape index (κ2) is 7.88. The monoisotopic (exact) mass is 332 g/mol. The molecule has 122 valence electrons. The number of nitrogen functional groups attached to an aromatic ring is 1. The van der Waals surface area contributed by atoms with E-state index < -0.39 is 0 Å². The number of nitrogens with two attached hydrogens (primary N) is 1. The van der Waals surface area contributed by atoms with E-state index >= 15 is 0 Å². The lowest BCUT2D eigenvalue weighted by atomic mass is 9.92. The number of hydrogen-bond acceptors (Lipinski definition) is 3. The van der Waals surface area contributed by atoms with Crippen molar-refractivity contribution in [3.05, 3.63) is 59.7 Å². The predicted molar refractivity (Wildman–Crippen MR) is 94.1 cm³/mol. The number of carbonyl (C=O) groups excluding carboxylic acids is 1. The topological polar surface area (TPSA) is 64.3 Å². The first-order valence-corrected chi connectivity index (χ1v) is 7.58. The van der Waals surface area contributed by atoms with Crippen LogP contribution in [0.2, 0.25) is 0 Å². The van der Waals surface area contributed by atoms with E-state index in [1.165, 1.54) is 5.56 Å². The van der Waals surface area contributed by atoms with Crippen LogP contribution in [0.3, 0.4) is 0 Å². The number of ether oxygens (including phenoxy) is 1. The summed E-state index contributed by atoms with van der Waals surface area (Å²) in [5.74, 6) is 0.787. The van der Waals surface area contributed by atoms with E-state index in [1.807, 2.05) is 48.5 Å². The van der Waals surface area contributed by atoms with Gasteiger partial charge in [-0.2, -0.15) is 0 Å². The summed E-state index contributed by atoms with van der Waals surface area (Å²) >= 11 is 0. The van der Waals surface area contributed by atoms with Crippen molar-refractivity contribution in [3.63, 3.8) is 0 Å². The van der Waals surface area contributed by atoms with Gasteiger partial charge in [0.2, 0.25) is 5.91 Å². The van der Waals surface area contributed by atoms with Gasteiger partial charge in [0, 0.05) is 17.8 Å². The molecule has 1 unspecified atom stereocenters. The zero-order valence-electron chi connectivity index (χ0n) is 12.8. The molecule has 4 nitrogen and oxygen atoms in total. The highest BCUT2D eigenvalue weighted by molar-refractivity contribution is 5.85. The minimum absolute atomic E-state index is 0. The van der Waals surface area contributed by atoms with Crippen LogP contribution < -0.4 is 15.8 Å². The van der Waals surface area contributed by atoms with E-state index in [0.717, 1.165) is 29.8 Å². The maximum absolute atomic E-state index is 12.4. The maximum atomic E-state index is 12.4. The molecule has 0 bridgehead atoms. The van der Waals surface area contributed by atoms with Gasteiger partial charge in [0.25, 0.3) is 0 Å². The van der Waals surface area contributed by atoms with Crippen molar-refractivity contribution < 1.29 is 9.53 Å². The molecule has 5 heteroatoms. The molecule has 3 N–H and O–H groups in total. The van der Waals surface area contributed by atoms with Gasteiger partial charge in [0.15, 0.2) is 0 Å². The average Bonchev–Trinajstić information content (AvgIpc) is 2.56. The molecule has 0 aromatic heterocycles. The van der Waals surface area contributed by atoms with E-state index in [4.69, 9.17) is 10.5 Å². The van der Waals surface area contributed by atoms with Crippen LogP contribution in [0.4, 0.5) is 5.69 Å². The summed E-state index contributed by atoms with van der Waals surface area (Å²) in [5.41, 5.74) is 8.57. The van der Waals surface area contributed by atoms with Crippen molar-refractivity contribution in [1.29, 1.82) is 0 Å². The Hall–Kier alpha value is -2.20. The summed E-state index contributed by atoms with van der Waals surface area (Å²) in [7, 11) is 0. The van der Waals surface area contributed by atoms with Crippen molar-refractivity contribution in [2.24, 2.45) is 0 Å². The molecule has 1 heterocycles. The number of amides is 1. The molecule has 1 aliphatic rings. The SMILES string of the molecule is Cl.Nc1ccc(CCNC(=O)C2CCOc3ccccc32)cc1. The lowest BCUT2D eigenvalue weighted by molar-refractivity contribution is -0.123. The molecule has 23 heavy (non-hydrogen) atoms. The number of carbonyl (C=O) groups is 1. The molecule has 3 rings (SSSR count). The maximum Gasteiger partial charge on any atom is 0.227 e. The molecule has 1 aliphatic heterocycles. The Labute approximate surface area is 142 Å². The fourth-order valence-electron chi connectivity index (χ4n) is 2.75. The minimum Gasteiger partial charge on any atom is -0.493 e. The van der Waals surface area contributed by atoms with E-state index in [1.54, 1.807) is 0 Å². The van der Waals surface area contributed by atoms with Gasteiger partial charge >= 0.3 is 0 Å². The zero-order chi connectivity index (χ0) is 15.4. The third kappa shape index (κ3) is 4.17. The van der Waals surface area contributed by atoms with Gasteiger partial charge in [-0.05, 0) is 36.6 Å². The molecule has 0 spiro atoms. The van der Waals surface area contributed by atoms with Gasteiger partial charge in [-0.25, -0.2) is 0 Å². The molecular weight excluding hydrogens is 312 g/mol. The van der Waals surface area contributed by atoms with E-state index in [0.29, 0.717) is 13.2 Å². The van der Waals surface area contributed by atoms with Crippen LogP contribution in [0.25, 0.3) is 0 Å². The molecule has 2 aromatic rings. The molecule has 1 amide bonds. The first-order chi connectivity index (χ1) is 10.7. The van der Waals surface area contributed by atoms with Gasteiger partial charge < -0.3 is 15.8 Å². The van der Waals surface area contributed by atoms with Gasteiger partial charge in [-0.1, -0.05) is 30.3 Å². The number of anilines is 1. The minimum atomic E-state index is -0.114. The second-order valence-electron chi connectivity index (χ2n) is 5.51. The highest BCUT2D eigenvalue weighted by Gasteiger charge is 2.26. The summed E-state index contributed by atoms with van der Waals surface area (Å²) in [6.07, 6.45) is 1.53. The lowest BCUT2D eigenvalue weighted by Crippen LogP contribution is -2.33. The van der Waals surface area contributed by atoms with Crippen molar-refractivity contribution in [2.45, 2.75) is 18.8 Å². The predicted octanol–water partition coefficient (Wildman–Crippen LogP) is 2.92. The van der Waals surface area contributed by atoms with Gasteiger partial charge in [0.05, 0.1) is 12.5 Å². The number of rotatable bonds is 4. The molecule has 0 radical (unpaired) electrons. The zero-order valence-corrected chi connectivity index (χ0v) is 13.6. The van der Waals surface area contributed by atoms with Crippen molar-refractivity contribution in [2.75, 3.05) is 18.9 Å². The Kier molecular flexibility index (Phi) is 5.88. The van der Waals surface area contributed by atoms with Crippen LogP contribution in [0.5, 0.6) is 5.75 Å². The Morgan fingerprint density at radius 1 is 1.17 bits per heavy atom. The van der Waals surface area contributed by atoms with E-state index in [9.17, 15) is 4.79 Å². The van der Waals surface area contributed by atoms with E-state index in [2.05, 4.69) is 5.32 Å². The first-order valence-electron chi connectivity index (χ1n) is 7.58. The quantitative estimate of drug-likeness (QED) is 0.846. The first kappa shape index (κ1) is 17.2. The number of nitrogens with one attached hydrogen (secondary N) is 1. The molecule has 0 aliphatic carbocycles.